The summed E-state index contributed by atoms with van der Waals surface area (Å²) in [5, 5.41) is 5.03. The lowest BCUT2D eigenvalue weighted by atomic mass is 10.2. The van der Waals surface area contributed by atoms with Crippen LogP contribution in [-0.4, -0.2) is 12.1 Å². The molecule has 136 valence electrons. The van der Waals surface area contributed by atoms with Crippen molar-refractivity contribution in [2.24, 2.45) is 5.10 Å². The van der Waals surface area contributed by atoms with Gasteiger partial charge in [-0.05, 0) is 59.7 Å². The van der Waals surface area contributed by atoms with Crippen LogP contribution in [0.4, 0.5) is 0 Å². The molecular weight excluding hydrogens is 383 g/mol. The van der Waals surface area contributed by atoms with E-state index in [1.165, 1.54) is 0 Å². The third kappa shape index (κ3) is 5.58. The predicted molar refractivity (Wildman–Crippen MR) is 109 cm³/mol. The van der Waals surface area contributed by atoms with Crippen molar-refractivity contribution in [1.82, 2.24) is 5.43 Å². The number of carbonyl (C=O) groups is 1. The van der Waals surface area contributed by atoms with Gasteiger partial charge in [0, 0.05) is 5.02 Å². The zero-order chi connectivity index (χ0) is 19.1. The number of nitrogens with zero attached hydrogens (tertiary/aromatic N) is 1. The lowest BCUT2D eigenvalue weighted by molar-refractivity contribution is 0.0955. The van der Waals surface area contributed by atoms with Gasteiger partial charge in [-0.1, -0.05) is 47.5 Å². The Balaban J connectivity index is 1.52. The van der Waals surface area contributed by atoms with Crippen molar-refractivity contribution in [3.8, 4) is 5.75 Å². The van der Waals surface area contributed by atoms with E-state index in [0.29, 0.717) is 22.2 Å². The van der Waals surface area contributed by atoms with Gasteiger partial charge >= 0.3 is 0 Å². The summed E-state index contributed by atoms with van der Waals surface area (Å²) in [5.41, 5.74) is 4.70. The highest BCUT2D eigenvalue weighted by Crippen LogP contribution is 2.16. The van der Waals surface area contributed by atoms with Crippen molar-refractivity contribution in [1.29, 1.82) is 0 Å². The standard InChI is InChI=1S/C21H16Cl2N2O2/c22-17-9-5-16(6-10-17)14-27-18-11-7-15(8-12-18)13-24-25-21(26)19-3-1-2-4-20(19)23/h1-13H,14H2,(H,25,26)/b24-13+. The first-order chi connectivity index (χ1) is 13.1. The Morgan fingerprint density at radius 1 is 0.963 bits per heavy atom. The quantitative estimate of drug-likeness (QED) is 0.450. The SMILES string of the molecule is O=C(N/N=C/c1ccc(OCc2ccc(Cl)cc2)cc1)c1ccccc1Cl. The number of nitrogens with one attached hydrogen (secondary N) is 1. The monoisotopic (exact) mass is 398 g/mol. The number of hydrogen-bond acceptors (Lipinski definition) is 3. The molecule has 0 radical (unpaired) electrons. The summed E-state index contributed by atoms with van der Waals surface area (Å²) in [4.78, 5) is 12.0. The van der Waals surface area contributed by atoms with Crippen molar-refractivity contribution in [3.05, 3.63) is 99.5 Å². The largest absolute Gasteiger partial charge is 0.489 e. The Bertz CT molecular complexity index is 939. The third-order valence-electron chi connectivity index (χ3n) is 3.70. The van der Waals surface area contributed by atoms with E-state index in [-0.39, 0.29) is 5.91 Å². The molecule has 0 spiro atoms. The minimum Gasteiger partial charge on any atom is -0.489 e. The molecule has 0 atom stereocenters. The molecule has 0 aliphatic carbocycles. The molecule has 1 N–H and O–H groups in total. The minimum absolute atomic E-state index is 0.361. The number of ether oxygens (including phenoxy) is 1. The van der Waals surface area contributed by atoms with E-state index in [0.717, 1.165) is 16.9 Å². The van der Waals surface area contributed by atoms with Crippen LogP contribution in [0.2, 0.25) is 10.0 Å². The summed E-state index contributed by atoms with van der Waals surface area (Å²) in [7, 11) is 0. The maximum atomic E-state index is 12.0. The summed E-state index contributed by atoms with van der Waals surface area (Å²) in [6.45, 7) is 0.457. The number of hydrazone groups is 1. The molecule has 3 aromatic carbocycles. The van der Waals surface area contributed by atoms with Crippen LogP contribution in [0.5, 0.6) is 5.75 Å². The molecule has 3 rings (SSSR count). The van der Waals surface area contributed by atoms with E-state index in [2.05, 4.69) is 10.5 Å². The molecule has 0 saturated heterocycles. The van der Waals surface area contributed by atoms with Crippen LogP contribution in [0.15, 0.2) is 77.9 Å². The smallest absolute Gasteiger partial charge is 0.272 e. The Kier molecular flexibility index (Phi) is 6.47. The topological polar surface area (TPSA) is 50.7 Å². The van der Waals surface area contributed by atoms with Gasteiger partial charge in [-0.3, -0.25) is 4.79 Å². The number of benzene rings is 3. The van der Waals surface area contributed by atoms with E-state index in [9.17, 15) is 4.79 Å². The predicted octanol–water partition coefficient (Wildman–Crippen LogP) is 5.34. The molecule has 27 heavy (non-hydrogen) atoms. The summed E-state index contributed by atoms with van der Waals surface area (Å²) >= 11 is 11.8. The van der Waals surface area contributed by atoms with E-state index in [1.807, 2.05) is 48.5 Å². The number of amides is 1. The zero-order valence-electron chi connectivity index (χ0n) is 14.2. The number of hydrogen-bond donors (Lipinski definition) is 1. The molecule has 4 nitrogen and oxygen atoms in total. The summed E-state index contributed by atoms with van der Waals surface area (Å²) in [6, 6.07) is 21.7. The van der Waals surface area contributed by atoms with E-state index in [1.54, 1.807) is 30.5 Å². The van der Waals surface area contributed by atoms with Crippen LogP contribution >= 0.6 is 23.2 Å². The molecule has 1 amide bonds. The molecule has 0 fully saturated rings. The average Bonchev–Trinajstić information content (AvgIpc) is 2.69. The molecular formula is C21H16Cl2N2O2. The van der Waals surface area contributed by atoms with Crippen molar-refractivity contribution < 1.29 is 9.53 Å². The zero-order valence-corrected chi connectivity index (χ0v) is 15.7. The molecule has 0 saturated carbocycles. The van der Waals surface area contributed by atoms with Gasteiger partial charge in [0.05, 0.1) is 16.8 Å². The second kappa shape index (κ2) is 9.21. The van der Waals surface area contributed by atoms with Crippen molar-refractivity contribution in [2.75, 3.05) is 0 Å². The lowest BCUT2D eigenvalue weighted by Crippen LogP contribution is -2.17. The van der Waals surface area contributed by atoms with Gasteiger partial charge in [0.2, 0.25) is 0 Å². The molecule has 0 unspecified atom stereocenters. The fourth-order valence-electron chi connectivity index (χ4n) is 2.27. The first kappa shape index (κ1) is 19.0. The van der Waals surface area contributed by atoms with Gasteiger partial charge < -0.3 is 4.74 Å². The average molecular weight is 399 g/mol. The van der Waals surface area contributed by atoms with Crippen LogP contribution in [0.1, 0.15) is 21.5 Å². The van der Waals surface area contributed by atoms with Crippen molar-refractivity contribution in [2.45, 2.75) is 6.61 Å². The number of rotatable bonds is 6. The molecule has 0 aromatic heterocycles. The summed E-state index contributed by atoms with van der Waals surface area (Å²) in [5.74, 6) is 0.377. The maximum absolute atomic E-state index is 12.0. The highest BCUT2D eigenvalue weighted by Gasteiger charge is 2.07. The molecule has 0 aliphatic rings. The van der Waals surface area contributed by atoms with Gasteiger partial charge in [0.1, 0.15) is 12.4 Å². The fraction of sp³-hybridized carbons (Fsp3) is 0.0476. The first-order valence-electron chi connectivity index (χ1n) is 8.17. The van der Waals surface area contributed by atoms with Gasteiger partial charge in [-0.15, -0.1) is 0 Å². The highest BCUT2D eigenvalue weighted by atomic mass is 35.5. The van der Waals surface area contributed by atoms with E-state index >= 15 is 0 Å². The van der Waals surface area contributed by atoms with E-state index < -0.39 is 0 Å². The Hall–Kier alpha value is -2.82. The van der Waals surface area contributed by atoms with Crippen LogP contribution in [0, 0.1) is 0 Å². The molecule has 0 bridgehead atoms. The van der Waals surface area contributed by atoms with Crippen molar-refractivity contribution in [3.63, 3.8) is 0 Å². The van der Waals surface area contributed by atoms with Crippen LogP contribution in [-0.2, 0) is 6.61 Å². The van der Waals surface area contributed by atoms with Crippen LogP contribution in [0.3, 0.4) is 0 Å². The van der Waals surface area contributed by atoms with Gasteiger partial charge in [0.15, 0.2) is 0 Å². The number of carbonyl (C=O) groups excluding carboxylic acids is 1. The lowest BCUT2D eigenvalue weighted by Gasteiger charge is -2.06. The second-order valence-electron chi connectivity index (χ2n) is 5.66. The van der Waals surface area contributed by atoms with Gasteiger partial charge in [0.25, 0.3) is 5.91 Å². The Morgan fingerprint density at radius 3 is 2.37 bits per heavy atom. The van der Waals surface area contributed by atoms with E-state index in [4.69, 9.17) is 27.9 Å². The highest BCUT2D eigenvalue weighted by molar-refractivity contribution is 6.33. The molecule has 0 aliphatic heterocycles. The summed E-state index contributed by atoms with van der Waals surface area (Å²) in [6.07, 6.45) is 1.55. The Labute approximate surface area is 167 Å². The van der Waals surface area contributed by atoms with Gasteiger partial charge in [-0.2, -0.15) is 5.10 Å². The molecule has 0 heterocycles. The van der Waals surface area contributed by atoms with Crippen LogP contribution in [0.25, 0.3) is 0 Å². The molecule has 6 heteroatoms. The number of halogens is 2. The first-order valence-corrected chi connectivity index (χ1v) is 8.92. The molecule has 3 aromatic rings. The van der Waals surface area contributed by atoms with Crippen molar-refractivity contribution >= 4 is 35.3 Å². The second-order valence-corrected chi connectivity index (χ2v) is 6.51. The normalized spacial score (nSPS) is 10.7. The summed E-state index contributed by atoms with van der Waals surface area (Å²) < 4.78 is 5.73. The maximum Gasteiger partial charge on any atom is 0.272 e. The minimum atomic E-state index is -0.361. The third-order valence-corrected chi connectivity index (χ3v) is 4.28. The van der Waals surface area contributed by atoms with Crippen LogP contribution < -0.4 is 10.2 Å². The van der Waals surface area contributed by atoms with Gasteiger partial charge in [-0.25, -0.2) is 5.43 Å². The Morgan fingerprint density at radius 2 is 1.67 bits per heavy atom. The fourth-order valence-corrected chi connectivity index (χ4v) is 2.62.